The number of nitriles is 1. The van der Waals surface area contributed by atoms with Crippen LogP contribution in [0.25, 0.3) is 0 Å². The van der Waals surface area contributed by atoms with Crippen LogP contribution in [0.4, 0.5) is 30.2 Å². The van der Waals surface area contributed by atoms with E-state index in [0.717, 1.165) is 0 Å². The van der Waals surface area contributed by atoms with Gasteiger partial charge in [0.2, 0.25) is 0 Å². The number of nitrogen functional groups attached to an aromatic ring is 1. The van der Waals surface area contributed by atoms with E-state index in [-0.39, 0.29) is 11.3 Å². The Morgan fingerprint density at radius 2 is 1.81 bits per heavy atom. The van der Waals surface area contributed by atoms with E-state index in [9.17, 15) is 13.2 Å². The van der Waals surface area contributed by atoms with Crippen LogP contribution in [0.3, 0.4) is 0 Å². The van der Waals surface area contributed by atoms with Gasteiger partial charge in [-0.05, 0) is 30.3 Å². The minimum Gasteiger partial charge on any atom is -0.406 e. The maximum atomic E-state index is 12.2. The van der Waals surface area contributed by atoms with E-state index in [1.807, 2.05) is 6.07 Å². The zero-order valence-electron chi connectivity index (χ0n) is 10.6. The van der Waals surface area contributed by atoms with Gasteiger partial charge in [-0.1, -0.05) is 6.07 Å². The minimum atomic E-state index is -4.74. The van der Waals surface area contributed by atoms with Crippen LogP contribution in [0.1, 0.15) is 5.56 Å². The molecule has 0 saturated carbocycles. The van der Waals surface area contributed by atoms with Crippen LogP contribution in [0.5, 0.6) is 5.75 Å². The number of rotatable bonds is 3. The zero-order chi connectivity index (χ0) is 15.5. The number of halogens is 3. The topological polar surface area (TPSA) is 71.1 Å². The van der Waals surface area contributed by atoms with Crippen molar-refractivity contribution >= 4 is 17.1 Å². The van der Waals surface area contributed by atoms with E-state index in [1.165, 1.54) is 30.3 Å². The monoisotopic (exact) mass is 293 g/mol. The number of nitrogens with two attached hydrogens (primary N) is 1. The Balaban J connectivity index is 2.20. The number of ether oxygens (including phenoxy) is 1. The van der Waals surface area contributed by atoms with Crippen molar-refractivity contribution in [3.8, 4) is 11.8 Å². The van der Waals surface area contributed by atoms with Crippen molar-refractivity contribution < 1.29 is 17.9 Å². The number of nitrogens with one attached hydrogen (secondary N) is 1. The van der Waals surface area contributed by atoms with Gasteiger partial charge in [-0.3, -0.25) is 0 Å². The van der Waals surface area contributed by atoms with E-state index in [4.69, 9.17) is 11.0 Å². The number of anilines is 3. The average Bonchev–Trinajstić information content (AvgIpc) is 2.39. The normalized spacial score (nSPS) is 10.8. The van der Waals surface area contributed by atoms with E-state index in [0.29, 0.717) is 17.1 Å². The molecule has 0 atom stereocenters. The highest BCUT2D eigenvalue weighted by Crippen LogP contribution is 2.27. The lowest BCUT2D eigenvalue weighted by Crippen LogP contribution is -2.17. The molecule has 7 heteroatoms. The molecule has 3 N–H and O–H groups in total. The molecule has 0 aromatic heterocycles. The van der Waals surface area contributed by atoms with Gasteiger partial charge in [0, 0.05) is 23.1 Å². The summed E-state index contributed by atoms with van der Waals surface area (Å²) in [5, 5.41) is 11.8. The van der Waals surface area contributed by atoms with E-state index in [2.05, 4.69) is 10.1 Å². The second kappa shape index (κ2) is 5.63. The molecule has 0 bridgehead atoms. The smallest absolute Gasteiger partial charge is 0.406 e. The van der Waals surface area contributed by atoms with Gasteiger partial charge >= 0.3 is 6.36 Å². The van der Waals surface area contributed by atoms with Crippen LogP contribution in [0.15, 0.2) is 42.5 Å². The van der Waals surface area contributed by atoms with Crippen molar-refractivity contribution in [3.05, 3.63) is 48.0 Å². The van der Waals surface area contributed by atoms with Crippen LogP contribution in [-0.4, -0.2) is 6.36 Å². The van der Waals surface area contributed by atoms with Crippen LogP contribution >= 0.6 is 0 Å². The standard InChI is InChI=1S/C14H10F3N3O/c15-14(16,17)21-12-3-1-2-10(7-12)20-11-4-5-13(19)9(6-11)8-18/h1-7,20H,19H2. The molecule has 0 aliphatic carbocycles. The van der Waals surface area contributed by atoms with Crippen LogP contribution in [-0.2, 0) is 0 Å². The van der Waals surface area contributed by atoms with Crippen LogP contribution in [0.2, 0.25) is 0 Å². The maximum Gasteiger partial charge on any atom is 0.573 e. The summed E-state index contributed by atoms with van der Waals surface area (Å²) in [6, 6.07) is 12.0. The Kier molecular flexibility index (Phi) is 3.89. The lowest BCUT2D eigenvalue weighted by atomic mass is 10.1. The Labute approximate surface area is 118 Å². The molecule has 0 unspecified atom stereocenters. The molecule has 2 rings (SSSR count). The molecule has 0 saturated heterocycles. The minimum absolute atomic E-state index is 0.280. The Bertz CT molecular complexity index is 693. The van der Waals surface area contributed by atoms with E-state index in [1.54, 1.807) is 12.1 Å². The molecule has 0 amide bonds. The van der Waals surface area contributed by atoms with Crippen LogP contribution < -0.4 is 15.8 Å². The molecule has 2 aromatic carbocycles. The summed E-state index contributed by atoms with van der Waals surface area (Å²) in [5.74, 6) is -0.330. The first-order valence-electron chi connectivity index (χ1n) is 5.80. The van der Waals surface area contributed by atoms with Crippen molar-refractivity contribution in [1.29, 1.82) is 5.26 Å². The van der Waals surface area contributed by atoms with Crippen molar-refractivity contribution in [2.75, 3.05) is 11.1 Å². The van der Waals surface area contributed by atoms with Crippen molar-refractivity contribution in [2.24, 2.45) is 0 Å². The Morgan fingerprint density at radius 3 is 2.48 bits per heavy atom. The van der Waals surface area contributed by atoms with Gasteiger partial charge in [0.05, 0.1) is 5.56 Å². The predicted octanol–water partition coefficient (Wildman–Crippen LogP) is 3.78. The van der Waals surface area contributed by atoms with Crippen molar-refractivity contribution in [3.63, 3.8) is 0 Å². The Hall–Kier alpha value is -2.88. The SMILES string of the molecule is N#Cc1cc(Nc2cccc(OC(F)(F)F)c2)ccc1N. The van der Waals surface area contributed by atoms with Gasteiger partial charge in [-0.25, -0.2) is 0 Å². The van der Waals surface area contributed by atoms with Gasteiger partial charge < -0.3 is 15.8 Å². The highest BCUT2D eigenvalue weighted by Gasteiger charge is 2.31. The van der Waals surface area contributed by atoms with Gasteiger partial charge in [0.25, 0.3) is 0 Å². The van der Waals surface area contributed by atoms with Crippen molar-refractivity contribution in [1.82, 2.24) is 0 Å². The lowest BCUT2D eigenvalue weighted by Gasteiger charge is -2.11. The fraction of sp³-hybridized carbons (Fsp3) is 0.0714. The van der Waals surface area contributed by atoms with Crippen molar-refractivity contribution in [2.45, 2.75) is 6.36 Å². The second-order valence-electron chi connectivity index (χ2n) is 4.11. The predicted molar refractivity (Wildman–Crippen MR) is 72.0 cm³/mol. The summed E-state index contributed by atoms with van der Waals surface area (Å²) in [5.41, 5.74) is 7.13. The molecule has 4 nitrogen and oxygen atoms in total. The first-order chi connectivity index (χ1) is 9.87. The molecule has 2 aromatic rings. The van der Waals surface area contributed by atoms with Gasteiger partial charge in [-0.15, -0.1) is 13.2 Å². The van der Waals surface area contributed by atoms with E-state index < -0.39 is 6.36 Å². The Morgan fingerprint density at radius 1 is 1.10 bits per heavy atom. The second-order valence-corrected chi connectivity index (χ2v) is 4.11. The summed E-state index contributed by atoms with van der Waals surface area (Å²) in [4.78, 5) is 0. The molecule has 108 valence electrons. The summed E-state index contributed by atoms with van der Waals surface area (Å²) in [7, 11) is 0. The third-order valence-electron chi connectivity index (χ3n) is 2.53. The third-order valence-corrected chi connectivity index (χ3v) is 2.53. The fourth-order valence-electron chi connectivity index (χ4n) is 1.67. The number of benzene rings is 2. The quantitative estimate of drug-likeness (QED) is 0.845. The lowest BCUT2D eigenvalue weighted by molar-refractivity contribution is -0.274. The molecule has 21 heavy (non-hydrogen) atoms. The first kappa shape index (κ1) is 14.5. The molecule has 0 radical (unpaired) electrons. The third kappa shape index (κ3) is 4.04. The van der Waals surface area contributed by atoms with Crippen LogP contribution in [0, 0.1) is 11.3 Å². The molecular formula is C14H10F3N3O. The highest BCUT2D eigenvalue weighted by molar-refractivity contribution is 5.67. The molecule has 0 heterocycles. The molecule has 0 aliphatic rings. The molecule has 0 aliphatic heterocycles. The van der Waals surface area contributed by atoms with Gasteiger partial charge in [0.1, 0.15) is 11.8 Å². The number of nitrogens with zero attached hydrogens (tertiary/aromatic N) is 1. The molecule has 0 fully saturated rings. The van der Waals surface area contributed by atoms with Gasteiger partial charge in [-0.2, -0.15) is 5.26 Å². The summed E-state index contributed by atoms with van der Waals surface area (Å²) in [6.45, 7) is 0. The maximum absolute atomic E-state index is 12.2. The zero-order valence-corrected chi connectivity index (χ0v) is 10.6. The summed E-state index contributed by atoms with van der Waals surface area (Å²) in [6.07, 6.45) is -4.74. The summed E-state index contributed by atoms with van der Waals surface area (Å²) >= 11 is 0. The fourth-order valence-corrected chi connectivity index (χ4v) is 1.67. The molecular weight excluding hydrogens is 283 g/mol. The van der Waals surface area contributed by atoms with E-state index >= 15 is 0 Å². The number of hydrogen-bond acceptors (Lipinski definition) is 4. The number of alkyl halides is 3. The average molecular weight is 293 g/mol. The first-order valence-corrected chi connectivity index (χ1v) is 5.80. The number of hydrogen-bond donors (Lipinski definition) is 2. The van der Waals surface area contributed by atoms with Gasteiger partial charge in [0.15, 0.2) is 0 Å². The molecule has 0 spiro atoms. The largest absolute Gasteiger partial charge is 0.573 e. The highest BCUT2D eigenvalue weighted by atomic mass is 19.4. The summed E-state index contributed by atoms with van der Waals surface area (Å²) < 4.78 is 40.3.